The number of likely N-dealkylation sites (N-methyl/N-ethyl adjacent to an activating group) is 1. The molecule has 5 heteroatoms. The van der Waals surface area contributed by atoms with Gasteiger partial charge in [-0.15, -0.1) is 0 Å². The number of benzene rings is 2. The Morgan fingerprint density at radius 1 is 1.07 bits per heavy atom. The molecule has 0 aromatic heterocycles. The quantitative estimate of drug-likeness (QED) is 0.778. The number of aryl methyl sites for hydroxylation is 2. The molecule has 0 saturated heterocycles. The predicted molar refractivity (Wildman–Crippen MR) is 107 cm³/mol. The van der Waals surface area contributed by atoms with Gasteiger partial charge in [-0.1, -0.05) is 48.9 Å². The van der Waals surface area contributed by atoms with Crippen LogP contribution in [0.1, 0.15) is 30.0 Å². The summed E-state index contributed by atoms with van der Waals surface area (Å²) in [4.78, 5) is 26.9. The highest BCUT2D eigenvalue weighted by Crippen LogP contribution is 2.17. The summed E-state index contributed by atoms with van der Waals surface area (Å²) in [6.07, 6.45) is 0.530. The van der Waals surface area contributed by atoms with Crippen LogP contribution in [0.5, 0.6) is 5.75 Å². The first-order chi connectivity index (χ1) is 13.0. The molecule has 2 aromatic carbocycles. The molecule has 0 fully saturated rings. The van der Waals surface area contributed by atoms with Crippen LogP contribution >= 0.6 is 0 Å². The number of rotatable bonds is 8. The molecule has 144 valence electrons. The zero-order valence-electron chi connectivity index (χ0n) is 16.5. The molecule has 1 atom stereocenters. The Morgan fingerprint density at radius 3 is 2.33 bits per heavy atom. The lowest BCUT2D eigenvalue weighted by Gasteiger charge is -2.30. The van der Waals surface area contributed by atoms with Gasteiger partial charge in [-0.05, 0) is 43.5 Å². The highest BCUT2D eigenvalue weighted by Gasteiger charge is 2.28. The van der Waals surface area contributed by atoms with E-state index in [1.807, 2.05) is 69.3 Å². The van der Waals surface area contributed by atoms with Crippen LogP contribution in [0.25, 0.3) is 0 Å². The van der Waals surface area contributed by atoms with Gasteiger partial charge in [-0.3, -0.25) is 9.59 Å². The third kappa shape index (κ3) is 5.58. The van der Waals surface area contributed by atoms with E-state index in [1.54, 1.807) is 11.9 Å². The highest BCUT2D eigenvalue weighted by molar-refractivity contribution is 5.88. The second-order valence-corrected chi connectivity index (χ2v) is 6.59. The summed E-state index contributed by atoms with van der Waals surface area (Å²) in [6, 6.07) is 14.9. The maximum absolute atomic E-state index is 12.9. The summed E-state index contributed by atoms with van der Waals surface area (Å²) in [5.41, 5.74) is 3.23. The number of carbonyl (C=O) groups excluding carboxylic acids is 2. The Bertz CT molecular complexity index is 771. The molecular weight excluding hydrogens is 340 g/mol. The maximum Gasteiger partial charge on any atom is 0.261 e. The number of amides is 2. The van der Waals surface area contributed by atoms with Gasteiger partial charge in [0.25, 0.3) is 5.91 Å². The number of nitrogens with one attached hydrogen (secondary N) is 1. The van der Waals surface area contributed by atoms with Crippen LogP contribution in [-0.2, 0) is 16.1 Å². The average molecular weight is 368 g/mol. The van der Waals surface area contributed by atoms with E-state index < -0.39 is 6.04 Å². The van der Waals surface area contributed by atoms with Crippen LogP contribution in [0.2, 0.25) is 0 Å². The standard InChI is InChI=1S/C22H28N2O3/c1-5-20(22(26)23-4)24(14-18-9-7-6-8-17(18)3)21(25)15-27-19-12-10-16(2)11-13-19/h6-13,20H,5,14-15H2,1-4H3,(H,23,26)/t20-/m1/s1. The van der Waals surface area contributed by atoms with E-state index in [0.29, 0.717) is 18.7 Å². The zero-order valence-corrected chi connectivity index (χ0v) is 16.5. The minimum atomic E-state index is -0.538. The van der Waals surface area contributed by atoms with E-state index in [2.05, 4.69) is 5.32 Å². The first kappa shape index (κ1) is 20.5. The van der Waals surface area contributed by atoms with E-state index in [9.17, 15) is 9.59 Å². The summed E-state index contributed by atoms with van der Waals surface area (Å²) in [7, 11) is 1.59. The smallest absolute Gasteiger partial charge is 0.261 e. The third-order valence-corrected chi connectivity index (χ3v) is 4.62. The average Bonchev–Trinajstić information content (AvgIpc) is 2.68. The normalized spacial score (nSPS) is 11.6. The van der Waals surface area contributed by atoms with Gasteiger partial charge in [-0.2, -0.15) is 0 Å². The monoisotopic (exact) mass is 368 g/mol. The van der Waals surface area contributed by atoms with E-state index in [-0.39, 0.29) is 18.4 Å². The molecule has 27 heavy (non-hydrogen) atoms. The Hall–Kier alpha value is -2.82. The molecule has 0 aliphatic carbocycles. The number of carbonyl (C=O) groups is 2. The lowest BCUT2D eigenvalue weighted by atomic mass is 10.1. The molecule has 0 aliphatic heterocycles. The van der Waals surface area contributed by atoms with Gasteiger partial charge >= 0.3 is 0 Å². The van der Waals surface area contributed by atoms with Crippen LogP contribution < -0.4 is 10.1 Å². The van der Waals surface area contributed by atoms with Crippen LogP contribution in [0.3, 0.4) is 0 Å². The van der Waals surface area contributed by atoms with Gasteiger partial charge in [0, 0.05) is 13.6 Å². The van der Waals surface area contributed by atoms with Crippen molar-refractivity contribution in [2.45, 2.75) is 39.8 Å². The van der Waals surface area contributed by atoms with E-state index in [4.69, 9.17) is 4.74 Å². The Labute approximate surface area is 161 Å². The minimum Gasteiger partial charge on any atom is -0.484 e. The number of nitrogens with zero attached hydrogens (tertiary/aromatic N) is 1. The van der Waals surface area contributed by atoms with E-state index >= 15 is 0 Å². The number of hydrogen-bond donors (Lipinski definition) is 1. The Balaban J connectivity index is 2.19. The molecule has 0 aliphatic rings. The van der Waals surface area contributed by atoms with Crippen LogP contribution in [-0.4, -0.2) is 36.4 Å². The second kappa shape index (κ2) is 9.76. The second-order valence-electron chi connectivity index (χ2n) is 6.59. The first-order valence-electron chi connectivity index (χ1n) is 9.21. The molecular formula is C22H28N2O3. The van der Waals surface area contributed by atoms with Crippen LogP contribution in [0, 0.1) is 13.8 Å². The molecule has 0 spiro atoms. The fraction of sp³-hybridized carbons (Fsp3) is 0.364. The number of hydrogen-bond acceptors (Lipinski definition) is 3. The molecule has 2 aromatic rings. The molecule has 0 heterocycles. The lowest BCUT2D eigenvalue weighted by Crippen LogP contribution is -2.49. The van der Waals surface area contributed by atoms with Gasteiger partial charge in [0.05, 0.1) is 0 Å². The summed E-state index contributed by atoms with van der Waals surface area (Å²) in [6.45, 7) is 6.16. The molecule has 1 N–H and O–H groups in total. The molecule has 0 saturated carbocycles. The van der Waals surface area contributed by atoms with Crippen molar-refractivity contribution < 1.29 is 14.3 Å². The summed E-state index contributed by atoms with van der Waals surface area (Å²) in [5.74, 6) is 0.252. The zero-order chi connectivity index (χ0) is 19.8. The minimum absolute atomic E-state index is 0.109. The summed E-state index contributed by atoms with van der Waals surface area (Å²) in [5, 5.41) is 2.66. The Kier molecular flexibility index (Phi) is 7.41. The largest absolute Gasteiger partial charge is 0.484 e. The first-order valence-corrected chi connectivity index (χ1v) is 9.21. The predicted octanol–water partition coefficient (Wildman–Crippen LogP) is 3.24. The van der Waals surface area contributed by atoms with Gasteiger partial charge in [0.2, 0.25) is 5.91 Å². The summed E-state index contributed by atoms with van der Waals surface area (Å²) < 4.78 is 5.66. The molecule has 0 bridgehead atoms. The van der Waals surface area contributed by atoms with Crippen molar-refractivity contribution in [3.05, 3.63) is 65.2 Å². The van der Waals surface area contributed by atoms with Crippen molar-refractivity contribution in [1.82, 2.24) is 10.2 Å². The fourth-order valence-corrected chi connectivity index (χ4v) is 2.92. The topological polar surface area (TPSA) is 58.6 Å². The molecule has 0 radical (unpaired) electrons. The third-order valence-electron chi connectivity index (χ3n) is 4.62. The van der Waals surface area contributed by atoms with Crippen molar-refractivity contribution in [2.24, 2.45) is 0 Å². The Morgan fingerprint density at radius 2 is 1.74 bits per heavy atom. The molecule has 5 nitrogen and oxygen atoms in total. The van der Waals surface area contributed by atoms with Crippen molar-refractivity contribution in [3.8, 4) is 5.75 Å². The van der Waals surface area contributed by atoms with Crippen molar-refractivity contribution in [3.63, 3.8) is 0 Å². The van der Waals surface area contributed by atoms with Gasteiger partial charge in [0.1, 0.15) is 11.8 Å². The number of ether oxygens (including phenoxy) is 1. The highest BCUT2D eigenvalue weighted by atomic mass is 16.5. The van der Waals surface area contributed by atoms with Crippen molar-refractivity contribution in [2.75, 3.05) is 13.7 Å². The van der Waals surface area contributed by atoms with Gasteiger partial charge < -0.3 is 15.0 Å². The fourth-order valence-electron chi connectivity index (χ4n) is 2.92. The van der Waals surface area contributed by atoms with Gasteiger partial charge in [0.15, 0.2) is 6.61 Å². The van der Waals surface area contributed by atoms with Crippen molar-refractivity contribution in [1.29, 1.82) is 0 Å². The maximum atomic E-state index is 12.9. The SMILES string of the molecule is CC[C@H](C(=O)NC)N(Cc1ccccc1C)C(=O)COc1ccc(C)cc1. The molecule has 2 amide bonds. The van der Waals surface area contributed by atoms with Gasteiger partial charge in [-0.25, -0.2) is 0 Å². The lowest BCUT2D eigenvalue weighted by molar-refractivity contribution is -0.142. The van der Waals surface area contributed by atoms with Crippen LogP contribution in [0.4, 0.5) is 0 Å². The molecule has 2 rings (SSSR count). The summed E-state index contributed by atoms with van der Waals surface area (Å²) >= 11 is 0. The van der Waals surface area contributed by atoms with E-state index in [0.717, 1.165) is 16.7 Å². The van der Waals surface area contributed by atoms with Crippen LogP contribution in [0.15, 0.2) is 48.5 Å². The van der Waals surface area contributed by atoms with E-state index in [1.165, 1.54) is 0 Å². The van der Waals surface area contributed by atoms with Crippen molar-refractivity contribution >= 4 is 11.8 Å². The molecule has 0 unspecified atom stereocenters.